The normalized spacial score (nSPS) is 10.6. The zero-order chi connectivity index (χ0) is 15.1. The van der Waals surface area contributed by atoms with Crippen molar-refractivity contribution in [2.75, 3.05) is 12.3 Å². The molecule has 4 nitrogen and oxygen atoms in total. The number of aryl methyl sites for hydroxylation is 2. The highest BCUT2D eigenvalue weighted by Crippen LogP contribution is 2.20. The van der Waals surface area contributed by atoms with Gasteiger partial charge in [-0.3, -0.25) is 9.48 Å². The Hall–Kier alpha value is -1.27. The van der Waals surface area contributed by atoms with Gasteiger partial charge in [-0.1, -0.05) is 15.9 Å². The fourth-order valence-electron chi connectivity index (χ4n) is 1.85. The van der Waals surface area contributed by atoms with Crippen LogP contribution in [0.15, 0.2) is 46.0 Å². The second kappa shape index (κ2) is 8.24. The van der Waals surface area contributed by atoms with Gasteiger partial charge in [-0.2, -0.15) is 5.10 Å². The largest absolute Gasteiger partial charge is 0.355 e. The number of hydrogen-bond acceptors (Lipinski definition) is 3. The first kappa shape index (κ1) is 16.1. The van der Waals surface area contributed by atoms with Crippen molar-refractivity contribution in [3.63, 3.8) is 0 Å². The molecule has 1 N–H and O–H groups in total. The fourth-order valence-corrected chi connectivity index (χ4v) is 2.84. The van der Waals surface area contributed by atoms with Gasteiger partial charge in [0, 0.05) is 29.2 Å². The highest BCUT2D eigenvalue weighted by Gasteiger charge is 2.03. The molecule has 112 valence electrons. The SMILES string of the molecule is Cn1cc(CCCNC(=O)CSc2ccc(Br)cc2)cn1. The Kier molecular flexibility index (Phi) is 6.32. The van der Waals surface area contributed by atoms with Gasteiger partial charge >= 0.3 is 0 Å². The topological polar surface area (TPSA) is 46.9 Å². The minimum absolute atomic E-state index is 0.0779. The van der Waals surface area contributed by atoms with Crippen LogP contribution >= 0.6 is 27.7 Å². The van der Waals surface area contributed by atoms with Gasteiger partial charge in [-0.15, -0.1) is 11.8 Å². The van der Waals surface area contributed by atoms with E-state index in [-0.39, 0.29) is 5.91 Å². The molecule has 0 unspecified atom stereocenters. The summed E-state index contributed by atoms with van der Waals surface area (Å²) in [6.07, 6.45) is 5.74. The van der Waals surface area contributed by atoms with E-state index >= 15 is 0 Å². The summed E-state index contributed by atoms with van der Waals surface area (Å²) in [4.78, 5) is 12.8. The van der Waals surface area contributed by atoms with Crippen molar-refractivity contribution in [3.05, 3.63) is 46.7 Å². The lowest BCUT2D eigenvalue weighted by Crippen LogP contribution is -2.26. The number of nitrogens with zero attached hydrogens (tertiary/aromatic N) is 2. The molecular weight excluding hydrogens is 350 g/mol. The summed E-state index contributed by atoms with van der Waals surface area (Å²) in [7, 11) is 1.91. The minimum atomic E-state index is 0.0779. The zero-order valence-corrected chi connectivity index (χ0v) is 14.3. The van der Waals surface area contributed by atoms with Crippen molar-refractivity contribution >= 4 is 33.6 Å². The molecule has 0 saturated carbocycles. The molecule has 1 aromatic heterocycles. The summed E-state index contributed by atoms with van der Waals surface area (Å²) in [5.41, 5.74) is 1.20. The summed E-state index contributed by atoms with van der Waals surface area (Å²) < 4.78 is 2.84. The molecule has 0 aliphatic carbocycles. The van der Waals surface area contributed by atoms with Gasteiger partial charge in [0.15, 0.2) is 0 Å². The van der Waals surface area contributed by atoms with E-state index in [0.717, 1.165) is 22.2 Å². The highest BCUT2D eigenvalue weighted by molar-refractivity contribution is 9.10. The van der Waals surface area contributed by atoms with Crippen LogP contribution in [-0.4, -0.2) is 28.0 Å². The van der Waals surface area contributed by atoms with Crippen molar-refractivity contribution in [2.45, 2.75) is 17.7 Å². The lowest BCUT2D eigenvalue weighted by molar-refractivity contribution is -0.118. The molecule has 0 fully saturated rings. The highest BCUT2D eigenvalue weighted by atomic mass is 79.9. The molecule has 0 atom stereocenters. The fraction of sp³-hybridized carbons (Fsp3) is 0.333. The number of aromatic nitrogens is 2. The third-order valence-electron chi connectivity index (χ3n) is 2.91. The van der Waals surface area contributed by atoms with E-state index in [4.69, 9.17) is 0 Å². The lowest BCUT2D eigenvalue weighted by atomic mass is 10.2. The quantitative estimate of drug-likeness (QED) is 0.604. The van der Waals surface area contributed by atoms with Crippen LogP contribution in [-0.2, 0) is 18.3 Å². The minimum Gasteiger partial charge on any atom is -0.355 e. The third kappa shape index (κ3) is 5.93. The van der Waals surface area contributed by atoms with E-state index in [9.17, 15) is 4.79 Å². The van der Waals surface area contributed by atoms with Gasteiger partial charge in [0.2, 0.25) is 5.91 Å². The number of rotatable bonds is 7. The summed E-state index contributed by atoms with van der Waals surface area (Å²) in [5, 5.41) is 7.07. The molecule has 0 aliphatic heterocycles. The molecule has 0 aliphatic rings. The Morgan fingerprint density at radius 1 is 1.38 bits per heavy atom. The monoisotopic (exact) mass is 367 g/mol. The molecule has 2 aromatic rings. The van der Waals surface area contributed by atoms with Crippen molar-refractivity contribution in [3.8, 4) is 0 Å². The summed E-state index contributed by atoms with van der Waals surface area (Å²) in [6.45, 7) is 0.703. The molecule has 6 heteroatoms. The van der Waals surface area contributed by atoms with E-state index < -0.39 is 0 Å². The van der Waals surface area contributed by atoms with Crippen LogP contribution in [0.25, 0.3) is 0 Å². The van der Waals surface area contributed by atoms with Crippen molar-refractivity contribution in [1.29, 1.82) is 0 Å². The Morgan fingerprint density at radius 2 is 2.14 bits per heavy atom. The molecule has 2 rings (SSSR count). The number of hydrogen-bond donors (Lipinski definition) is 1. The van der Waals surface area contributed by atoms with Crippen LogP contribution in [0.3, 0.4) is 0 Å². The standard InChI is InChI=1S/C15H18BrN3OS/c1-19-10-12(9-18-19)3-2-8-17-15(20)11-21-14-6-4-13(16)5-7-14/h4-7,9-10H,2-3,8,11H2,1H3,(H,17,20). The van der Waals surface area contributed by atoms with Crippen LogP contribution in [0.1, 0.15) is 12.0 Å². The molecular formula is C15H18BrN3OS. The van der Waals surface area contributed by atoms with Gasteiger partial charge in [-0.05, 0) is 42.7 Å². The number of nitrogens with one attached hydrogen (secondary N) is 1. The zero-order valence-electron chi connectivity index (χ0n) is 11.9. The molecule has 0 bridgehead atoms. The molecule has 1 heterocycles. The molecule has 21 heavy (non-hydrogen) atoms. The predicted molar refractivity (Wildman–Crippen MR) is 89.4 cm³/mol. The number of benzene rings is 1. The first-order chi connectivity index (χ1) is 10.1. The molecule has 1 amide bonds. The van der Waals surface area contributed by atoms with Crippen LogP contribution < -0.4 is 5.32 Å². The third-order valence-corrected chi connectivity index (χ3v) is 4.45. The van der Waals surface area contributed by atoms with Gasteiger partial charge in [0.1, 0.15) is 0 Å². The van der Waals surface area contributed by atoms with E-state index in [0.29, 0.717) is 12.3 Å². The maximum absolute atomic E-state index is 11.7. The lowest BCUT2D eigenvalue weighted by Gasteiger charge is -2.05. The van der Waals surface area contributed by atoms with Gasteiger partial charge in [0.05, 0.1) is 11.9 Å². The summed E-state index contributed by atoms with van der Waals surface area (Å²) in [6, 6.07) is 7.97. The Balaban J connectivity index is 1.60. The second-order valence-corrected chi connectivity index (χ2v) is 6.68. The summed E-state index contributed by atoms with van der Waals surface area (Å²) in [5.74, 6) is 0.531. The van der Waals surface area contributed by atoms with Crippen molar-refractivity contribution in [1.82, 2.24) is 15.1 Å². The van der Waals surface area contributed by atoms with Crippen molar-refractivity contribution in [2.24, 2.45) is 7.05 Å². The maximum atomic E-state index is 11.7. The maximum Gasteiger partial charge on any atom is 0.230 e. The van der Waals surface area contributed by atoms with Crippen LogP contribution in [0.5, 0.6) is 0 Å². The Morgan fingerprint density at radius 3 is 2.81 bits per heavy atom. The predicted octanol–water partition coefficient (Wildman–Crippen LogP) is 3.02. The number of carbonyl (C=O) groups is 1. The first-order valence-corrected chi connectivity index (χ1v) is 8.54. The van der Waals surface area contributed by atoms with Crippen LogP contribution in [0.4, 0.5) is 0 Å². The van der Waals surface area contributed by atoms with Crippen molar-refractivity contribution < 1.29 is 4.79 Å². The van der Waals surface area contributed by atoms with Crippen LogP contribution in [0, 0.1) is 0 Å². The molecule has 0 spiro atoms. The molecule has 0 radical (unpaired) electrons. The number of amides is 1. The van der Waals surface area contributed by atoms with Gasteiger partial charge in [-0.25, -0.2) is 0 Å². The number of halogens is 1. The smallest absolute Gasteiger partial charge is 0.230 e. The van der Waals surface area contributed by atoms with Gasteiger partial charge in [0.25, 0.3) is 0 Å². The second-order valence-electron chi connectivity index (χ2n) is 4.72. The van der Waals surface area contributed by atoms with Crippen LogP contribution in [0.2, 0.25) is 0 Å². The number of carbonyl (C=O) groups excluding carboxylic acids is 1. The van der Waals surface area contributed by atoms with E-state index in [1.807, 2.05) is 43.7 Å². The van der Waals surface area contributed by atoms with Gasteiger partial charge < -0.3 is 5.32 Å². The van der Waals surface area contributed by atoms with E-state index in [1.54, 1.807) is 16.4 Å². The molecule has 0 saturated heterocycles. The average Bonchev–Trinajstić information content (AvgIpc) is 2.89. The first-order valence-electron chi connectivity index (χ1n) is 6.76. The Labute approximate surface area is 137 Å². The van der Waals surface area contributed by atoms with E-state index in [2.05, 4.69) is 26.3 Å². The summed E-state index contributed by atoms with van der Waals surface area (Å²) >= 11 is 4.94. The Bertz CT molecular complexity index is 583. The van der Waals surface area contributed by atoms with E-state index in [1.165, 1.54) is 5.56 Å². The number of thioether (sulfide) groups is 1. The molecule has 1 aromatic carbocycles. The average molecular weight is 368 g/mol.